The van der Waals surface area contributed by atoms with E-state index < -0.39 is 0 Å². The van der Waals surface area contributed by atoms with Gasteiger partial charge in [-0.15, -0.1) is 0 Å². The maximum absolute atomic E-state index is 12.3. The Balaban J connectivity index is 2.13. The molecule has 1 unspecified atom stereocenters. The molecule has 1 heterocycles. The fraction of sp³-hybridized carbons (Fsp3) is 0.375. The highest BCUT2D eigenvalue weighted by Crippen LogP contribution is 2.19. The average molecular weight is 286 g/mol. The second-order valence-corrected chi connectivity index (χ2v) is 5.27. The van der Waals surface area contributed by atoms with Gasteiger partial charge in [-0.1, -0.05) is 37.6 Å². The van der Waals surface area contributed by atoms with Crippen molar-refractivity contribution in [1.29, 1.82) is 0 Å². The Morgan fingerprint density at radius 3 is 2.81 bits per heavy atom. The number of nitrogens with one attached hydrogen (secondary N) is 2. The number of hydrogen-bond donors (Lipinski definition) is 3. The van der Waals surface area contributed by atoms with Gasteiger partial charge in [0.2, 0.25) is 0 Å². The molecule has 0 aliphatic rings. The van der Waals surface area contributed by atoms with E-state index in [1.165, 1.54) is 0 Å². The molecule has 1 aromatic heterocycles. The van der Waals surface area contributed by atoms with Crippen molar-refractivity contribution in [3.05, 3.63) is 46.8 Å². The Bertz CT molecular complexity index is 633. The van der Waals surface area contributed by atoms with E-state index in [2.05, 4.69) is 22.4 Å². The van der Waals surface area contributed by atoms with Gasteiger partial charge in [0.25, 0.3) is 5.91 Å². The molecule has 2 rings (SSSR count). The number of anilines is 1. The van der Waals surface area contributed by atoms with Crippen LogP contribution in [0.5, 0.6) is 0 Å². The average Bonchev–Trinajstić information content (AvgIpc) is 2.81. The molecule has 0 radical (unpaired) electrons. The molecule has 0 saturated carbocycles. The quantitative estimate of drug-likeness (QED) is 0.790. The summed E-state index contributed by atoms with van der Waals surface area (Å²) in [4.78, 5) is 12.3. The zero-order chi connectivity index (χ0) is 15.4. The Kier molecular flexibility index (Phi) is 4.62. The van der Waals surface area contributed by atoms with Gasteiger partial charge in [0.1, 0.15) is 0 Å². The monoisotopic (exact) mass is 286 g/mol. The van der Waals surface area contributed by atoms with Gasteiger partial charge < -0.3 is 11.1 Å². The molecular weight excluding hydrogens is 264 g/mol. The van der Waals surface area contributed by atoms with Gasteiger partial charge in [-0.2, -0.15) is 5.10 Å². The number of nitrogens with two attached hydrogens (primary N) is 1. The van der Waals surface area contributed by atoms with E-state index in [9.17, 15) is 4.79 Å². The van der Waals surface area contributed by atoms with E-state index in [1.807, 2.05) is 38.1 Å². The zero-order valence-electron chi connectivity index (χ0n) is 12.7. The first-order valence-electron chi connectivity index (χ1n) is 7.23. The van der Waals surface area contributed by atoms with Gasteiger partial charge in [-0.3, -0.25) is 9.89 Å². The highest BCUT2D eigenvalue weighted by atomic mass is 16.2. The molecule has 1 atom stereocenters. The zero-order valence-corrected chi connectivity index (χ0v) is 12.7. The van der Waals surface area contributed by atoms with Crippen LogP contribution >= 0.6 is 0 Å². The van der Waals surface area contributed by atoms with Crippen LogP contribution < -0.4 is 11.1 Å². The minimum Gasteiger partial charge on any atom is -0.395 e. The normalized spacial score (nSPS) is 12.1. The van der Waals surface area contributed by atoms with Crippen molar-refractivity contribution in [3.8, 4) is 0 Å². The third kappa shape index (κ3) is 3.24. The molecule has 0 fully saturated rings. The van der Waals surface area contributed by atoms with E-state index in [1.54, 1.807) is 0 Å². The molecule has 2 aromatic rings. The summed E-state index contributed by atoms with van der Waals surface area (Å²) in [5.41, 5.74) is 9.77. The standard InChI is InChI=1S/C16H22N4O/c1-4-7-13-14(17)15(20-19-13)16(21)18-11(3)12-9-6-5-8-10(12)2/h5-6,8-9,11H,4,7,17H2,1-3H3,(H,18,21)(H,19,20). The maximum atomic E-state index is 12.3. The van der Waals surface area contributed by atoms with Crippen LogP contribution in [0, 0.1) is 6.92 Å². The SMILES string of the molecule is CCCc1[nH]nc(C(=O)NC(C)c2ccccc2C)c1N. The summed E-state index contributed by atoms with van der Waals surface area (Å²) in [6.07, 6.45) is 1.74. The van der Waals surface area contributed by atoms with Crippen molar-refractivity contribution in [1.82, 2.24) is 15.5 Å². The molecule has 0 bridgehead atoms. The fourth-order valence-corrected chi connectivity index (χ4v) is 2.42. The summed E-state index contributed by atoms with van der Waals surface area (Å²) in [7, 11) is 0. The Hall–Kier alpha value is -2.30. The van der Waals surface area contributed by atoms with Crippen LogP contribution in [-0.2, 0) is 6.42 Å². The second kappa shape index (κ2) is 6.43. The van der Waals surface area contributed by atoms with E-state index in [0.29, 0.717) is 5.69 Å². The van der Waals surface area contributed by atoms with Gasteiger partial charge in [0.15, 0.2) is 5.69 Å². The van der Waals surface area contributed by atoms with Crippen molar-refractivity contribution >= 4 is 11.6 Å². The number of aromatic nitrogens is 2. The van der Waals surface area contributed by atoms with Crippen LogP contribution in [0.3, 0.4) is 0 Å². The van der Waals surface area contributed by atoms with Gasteiger partial charge in [-0.05, 0) is 31.4 Å². The maximum Gasteiger partial charge on any atom is 0.274 e. The number of nitrogens with zero attached hydrogens (tertiary/aromatic N) is 1. The first-order chi connectivity index (χ1) is 10.0. The highest BCUT2D eigenvalue weighted by Gasteiger charge is 2.19. The lowest BCUT2D eigenvalue weighted by Gasteiger charge is -2.16. The topological polar surface area (TPSA) is 83.8 Å². The van der Waals surface area contributed by atoms with Crippen LogP contribution in [0.2, 0.25) is 0 Å². The molecule has 5 nitrogen and oxygen atoms in total. The summed E-state index contributed by atoms with van der Waals surface area (Å²) < 4.78 is 0. The number of hydrogen-bond acceptors (Lipinski definition) is 3. The molecule has 1 aromatic carbocycles. The molecule has 21 heavy (non-hydrogen) atoms. The molecule has 0 spiro atoms. The predicted octanol–water partition coefficient (Wildman–Crippen LogP) is 2.74. The van der Waals surface area contributed by atoms with Crippen LogP contribution in [0.25, 0.3) is 0 Å². The molecule has 0 saturated heterocycles. The molecule has 1 amide bonds. The van der Waals surface area contributed by atoms with Crippen LogP contribution in [0.15, 0.2) is 24.3 Å². The Labute approximate surface area is 124 Å². The minimum atomic E-state index is -0.248. The largest absolute Gasteiger partial charge is 0.395 e. The van der Waals surface area contributed by atoms with E-state index >= 15 is 0 Å². The number of nitrogen functional groups attached to an aromatic ring is 1. The number of rotatable bonds is 5. The summed E-state index contributed by atoms with van der Waals surface area (Å²) in [5.74, 6) is -0.248. The lowest BCUT2D eigenvalue weighted by atomic mass is 10.0. The summed E-state index contributed by atoms with van der Waals surface area (Å²) in [5, 5.41) is 9.83. The van der Waals surface area contributed by atoms with E-state index in [4.69, 9.17) is 5.73 Å². The number of benzene rings is 1. The number of aromatic amines is 1. The lowest BCUT2D eigenvalue weighted by Crippen LogP contribution is -2.28. The second-order valence-electron chi connectivity index (χ2n) is 5.27. The molecule has 4 N–H and O–H groups in total. The number of H-pyrrole nitrogens is 1. The number of aryl methyl sites for hydroxylation is 2. The van der Waals surface area contributed by atoms with Gasteiger partial charge in [-0.25, -0.2) is 0 Å². The number of carbonyl (C=O) groups excluding carboxylic acids is 1. The van der Waals surface area contributed by atoms with Crippen LogP contribution in [0.4, 0.5) is 5.69 Å². The summed E-state index contributed by atoms with van der Waals surface area (Å²) >= 11 is 0. The first kappa shape index (κ1) is 15.1. The van der Waals surface area contributed by atoms with E-state index in [-0.39, 0.29) is 17.6 Å². The predicted molar refractivity (Wildman–Crippen MR) is 84.1 cm³/mol. The summed E-state index contributed by atoms with van der Waals surface area (Å²) in [6, 6.07) is 7.89. The minimum absolute atomic E-state index is 0.0931. The number of carbonyl (C=O) groups is 1. The van der Waals surface area contributed by atoms with Gasteiger partial charge in [0, 0.05) is 0 Å². The molecule has 5 heteroatoms. The Morgan fingerprint density at radius 1 is 1.43 bits per heavy atom. The number of amides is 1. The molecule has 112 valence electrons. The van der Waals surface area contributed by atoms with Crippen molar-refractivity contribution in [2.24, 2.45) is 0 Å². The van der Waals surface area contributed by atoms with Crippen molar-refractivity contribution in [3.63, 3.8) is 0 Å². The molecular formula is C16H22N4O. The fourth-order valence-electron chi connectivity index (χ4n) is 2.42. The third-order valence-electron chi connectivity index (χ3n) is 3.60. The Morgan fingerprint density at radius 2 is 2.14 bits per heavy atom. The van der Waals surface area contributed by atoms with Gasteiger partial charge in [0.05, 0.1) is 17.4 Å². The van der Waals surface area contributed by atoms with E-state index in [0.717, 1.165) is 29.7 Å². The van der Waals surface area contributed by atoms with Crippen molar-refractivity contribution < 1.29 is 4.79 Å². The van der Waals surface area contributed by atoms with Gasteiger partial charge >= 0.3 is 0 Å². The van der Waals surface area contributed by atoms with Crippen molar-refractivity contribution in [2.45, 2.75) is 39.7 Å². The van der Waals surface area contributed by atoms with Crippen LogP contribution in [-0.4, -0.2) is 16.1 Å². The first-order valence-corrected chi connectivity index (χ1v) is 7.23. The highest BCUT2D eigenvalue weighted by molar-refractivity contribution is 5.97. The smallest absolute Gasteiger partial charge is 0.274 e. The molecule has 0 aliphatic heterocycles. The summed E-state index contributed by atoms with van der Waals surface area (Å²) in [6.45, 7) is 6.04. The van der Waals surface area contributed by atoms with Crippen LogP contribution in [0.1, 0.15) is 53.6 Å². The third-order valence-corrected chi connectivity index (χ3v) is 3.60. The van der Waals surface area contributed by atoms with Crippen molar-refractivity contribution in [2.75, 3.05) is 5.73 Å². The molecule has 0 aliphatic carbocycles. The lowest BCUT2D eigenvalue weighted by molar-refractivity contribution is 0.0935.